The van der Waals surface area contributed by atoms with Gasteiger partial charge in [-0.05, 0) is 24.9 Å². The third-order valence-electron chi connectivity index (χ3n) is 2.98. The number of hydrogen-bond acceptors (Lipinski definition) is 4. The van der Waals surface area contributed by atoms with Gasteiger partial charge in [-0.3, -0.25) is 4.79 Å². The van der Waals surface area contributed by atoms with Crippen LogP contribution in [-0.4, -0.2) is 25.5 Å². The summed E-state index contributed by atoms with van der Waals surface area (Å²) in [6, 6.07) is 8.32. The topological polar surface area (TPSA) is 81.4 Å². The molecule has 1 atom stereocenters. The number of methoxy groups -OCH3 is 1. The third-order valence-corrected chi connectivity index (χ3v) is 2.98. The molecular formula is C15H22N2O3. The Morgan fingerprint density at radius 2 is 1.90 bits per heavy atom. The molecule has 0 saturated carbocycles. The van der Waals surface area contributed by atoms with Crippen LogP contribution >= 0.6 is 0 Å². The highest BCUT2D eigenvalue weighted by Crippen LogP contribution is 2.14. The number of nitrogens with two attached hydrogens (primary N) is 1. The highest BCUT2D eigenvalue weighted by Gasteiger charge is 2.22. The molecule has 0 fully saturated rings. The maximum absolute atomic E-state index is 11.9. The number of esters is 1. The second-order valence-corrected chi connectivity index (χ2v) is 4.53. The Kier molecular flexibility index (Phi) is 7.35. The van der Waals surface area contributed by atoms with Crippen LogP contribution in [0.3, 0.4) is 0 Å². The number of carbonyl (C=O) groups is 2. The molecule has 0 radical (unpaired) electrons. The first-order valence-corrected chi connectivity index (χ1v) is 6.81. The normalized spacial score (nSPS) is 11.7. The number of benzene rings is 1. The molecule has 3 N–H and O–H groups in total. The number of carbonyl (C=O) groups excluding carboxylic acids is 2. The molecule has 0 aliphatic heterocycles. The molecule has 0 heterocycles. The van der Waals surface area contributed by atoms with Crippen LogP contribution in [0.4, 0.5) is 0 Å². The predicted octanol–water partition coefficient (Wildman–Crippen LogP) is 1.54. The molecule has 1 aromatic rings. The van der Waals surface area contributed by atoms with Gasteiger partial charge in [-0.2, -0.15) is 0 Å². The Bertz CT molecular complexity index is 420. The lowest BCUT2D eigenvalue weighted by Gasteiger charge is -2.16. The van der Waals surface area contributed by atoms with Gasteiger partial charge in [-0.1, -0.05) is 36.8 Å². The van der Waals surface area contributed by atoms with Crippen LogP contribution < -0.4 is 11.1 Å². The van der Waals surface area contributed by atoms with Crippen LogP contribution in [0.5, 0.6) is 0 Å². The second-order valence-electron chi connectivity index (χ2n) is 4.53. The van der Waals surface area contributed by atoms with Gasteiger partial charge >= 0.3 is 5.97 Å². The van der Waals surface area contributed by atoms with Crippen molar-refractivity contribution in [2.24, 2.45) is 5.73 Å². The fourth-order valence-corrected chi connectivity index (χ4v) is 1.88. The second kappa shape index (κ2) is 9.09. The molecule has 0 aliphatic rings. The van der Waals surface area contributed by atoms with Gasteiger partial charge in [-0.25, -0.2) is 4.79 Å². The van der Waals surface area contributed by atoms with E-state index >= 15 is 0 Å². The number of amides is 1. The van der Waals surface area contributed by atoms with Gasteiger partial charge in [0.2, 0.25) is 5.91 Å². The van der Waals surface area contributed by atoms with E-state index in [0.717, 1.165) is 24.8 Å². The first-order chi connectivity index (χ1) is 9.69. The molecule has 5 heteroatoms. The lowest BCUT2D eigenvalue weighted by molar-refractivity contribution is -0.145. The minimum Gasteiger partial charge on any atom is -0.467 e. The van der Waals surface area contributed by atoms with Gasteiger partial charge in [0.05, 0.1) is 7.11 Å². The first kappa shape index (κ1) is 16.2. The molecule has 0 saturated heterocycles. The number of nitrogens with one attached hydrogen (secondary N) is 1. The Balaban J connectivity index is 2.58. The Labute approximate surface area is 119 Å². The fourth-order valence-electron chi connectivity index (χ4n) is 1.88. The predicted molar refractivity (Wildman–Crippen MR) is 76.9 cm³/mol. The highest BCUT2D eigenvalue weighted by molar-refractivity contribution is 5.85. The van der Waals surface area contributed by atoms with Gasteiger partial charge in [0, 0.05) is 6.42 Å². The maximum Gasteiger partial charge on any atom is 0.333 e. The molecule has 1 aromatic carbocycles. The smallest absolute Gasteiger partial charge is 0.333 e. The molecule has 5 nitrogen and oxygen atoms in total. The van der Waals surface area contributed by atoms with E-state index in [0.29, 0.717) is 13.0 Å². The van der Waals surface area contributed by atoms with E-state index in [4.69, 9.17) is 10.5 Å². The van der Waals surface area contributed by atoms with Crippen LogP contribution in [0.1, 0.15) is 37.3 Å². The van der Waals surface area contributed by atoms with Crippen LogP contribution in [0.25, 0.3) is 0 Å². The van der Waals surface area contributed by atoms with E-state index in [2.05, 4.69) is 5.32 Å². The largest absolute Gasteiger partial charge is 0.467 e. The van der Waals surface area contributed by atoms with Crippen LogP contribution in [0.15, 0.2) is 30.3 Å². The number of unbranched alkanes of at least 4 members (excludes halogenated alkanes) is 2. The summed E-state index contributed by atoms with van der Waals surface area (Å²) >= 11 is 0. The van der Waals surface area contributed by atoms with Crippen LogP contribution in [0, 0.1) is 0 Å². The SMILES string of the molecule is COC(=O)C(NC(=O)CCCCCN)c1ccccc1. The summed E-state index contributed by atoms with van der Waals surface area (Å²) in [5, 5.41) is 2.72. The van der Waals surface area contributed by atoms with E-state index in [1.165, 1.54) is 7.11 Å². The van der Waals surface area contributed by atoms with Crippen LogP contribution in [0.2, 0.25) is 0 Å². The lowest BCUT2D eigenvalue weighted by atomic mass is 10.1. The van der Waals surface area contributed by atoms with E-state index in [9.17, 15) is 9.59 Å². The molecule has 0 aromatic heterocycles. The zero-order valence-electron chi connectivity index (χ0n) is 11.8. The van der Waals surface area contributed by atoms with Gasteiger partial charge in [0.1, 0.15) is 0 Å². The van der Waals surface area contributed by atoms with Crippen molar-refractivity contribution in [1.29, 1.82) is 0 Å². The van der Waals surface area contributed by atoms with Gasteiger partial charge < -0.3 is 15.8 Å². The lowest BCUT2D eigenvalue weighted by Crippen LogP contribution is -2.34. The van der Waals surface area contributed by atoms with Crippen molar-refractivity contribution in [2.45, 2.75) is 31.7 Å². The Morgan fingerprint density at radius 3 is 2.50 bits per heavy atom. The van der Waals surface area contributed by atoms with Crippen molar-refractivity contribution in [2.75, 3.05) is 13.7 Å². The average Bonchev–Trinajstić information content (AvgIpc) is 2.49. The maximum atomic E-state index is 11.9. The van der Waals surface area contributed by atoms with Crippen molar-refractivity contribution in [3.05, 3.63) is 35.9 Å². The van der Waals surface area contributed by atoms with Crippen molar-refractivity contribution in [1.82, 2.24) is 5.32 Å². The molecule has 0 aliphatic carbocycles. The standard InChI is InChI=1S/C15H22N2O3/c1-20-15(19)14(12-8-4-2-5-9-12)17-13(18)10-6-3-7-11-16/h2,4-5,8-9,14H,3,6-7,10-11,16H2,1H3,(H,17,18). The zero-order chi connectivity index (χ0) is 14.8. The van der Waals surface area contributed by atoms with E-state index in [1.54, 1.807) is 12.1 Å². The summed E-state index contributed by atoms with van der Waals surface area (Å²) in [5.74, 6) is -0.618. The highest BCUT2D eigenvalue weighted by atomic mass is 16.5. The zero-order valence-corrected chi connectivity index (χ0v) is 11.8. The summed E-state index contributed by atoms with van der Waals surface area (Å²) < 4.78 is 4.74. The quantitative estimate of drug-likeness (QED) is 0.558. The molecule has 1 amide bonds. The molecule has 0 bridgehead atoms. The molecule has 110 valence electrons. The molecular weight excluding hydrogens is 256 g/mol. The molecule has 1 unspecified atom stereocenters. The first-order valence-electron chi connectivity index (χ1n) is 6.81. The Morgan fingerprint density at radius 1 is 1.20 bits per heavy atom. The van der Waals surface area contributed by atoms with Crippen LogP contribution in [-0.2, 0) is 14.3 Å². The van der Waals surface area contributed by atoms with Crippen molar-refractivity contribution in [3.63, 3.8) is 0 Å². The number of hydrogen-bond donors (Lipinski definition) is 2. The van der Waals surface area contributed by atoms with E-state index < -0.39 is 12.0 Å². The Hall–Kier alpha value is -1.88. The third kappa shape index (κ3) is 5.40. The molecule has 1 rings (SSSR count). The number of rotatable bonds is 8. The number of ether oxygens (including phenoxy) is 1. The summed E-state index contributed by atoms with van der Waals surface area (Å²) in [7, 11) is 1.31. The minimum atomic E-state index is -0.747. The van der Waals surface area contributed by atoms with Gasteiger partial charge in [0.15, 0.2) is 6.04 Å². The summed E-state index contributed by atoms with van der Waals surface area (Å²) in [6.45, 7) is 0.635. The van der Waals surface area contributed by atoms with Gasteiger partial charge in [0.25, 0.3) is 0 Å². The van der Waals surface area contributed by atoms with Crippen molar-refractivity contribution in [3.8, 4) is 0 Å². The van der Waals surface area contributed by atoms with Crippen molar-refractivity contribution >= 4 is 11.9 Å². The van der Waals surface area contributed by atoms with Gasteiger partial charge in [-0.15, -0.1) is 0 Å². The monoisotopic (exact) mass is 278 g/mol. The summed E-state index contributed by atoms with van der Waals surface area (Å²) in [5.41, 5.74) is 6.12. The van der Waals surface area contributed by atoms with E-state index in [1.807, 2.05) is 18.2 Å². The van der Waals surface area contributed by atoms with Crippen molar-refractivity contribution < 1.29 is 14.3 Å². The molecule has 0 spiro atoms. The molecule has 20 heavy (non-hydrogen) atoms. The summed E-state index contributed by atoms with van der Waals surface area (Å²) in [4.78, 5) is 23.6. The van der Waals surface area contributed by atoms with E-state index in [-0.39, 0.29) is 5.91 Å². The minimum absolute atomic E-state index is 0.152. The fraction of sp³-hybridized carbons (Fsp3) is 0.467. The average molecular weight is 278 g/mol. The summed E-state index contributed by atoms with van der Waals surface area (Å²) in [6.07, 6.45) is 2.98.